The van der Waals surface area contributed by atoms with E-state index in [1.807, 2.05) is 24.3 Å². The fourth-order valence-corrected chi connectivity index (χ4v) is 3.67. The molecule has 3 heterocycles. The van der Waals surface area contributed by atoms with E-state index >= 15 is 0 Å². The number of rotatable bonds is 5. The average Bonchev–Trinajstić information content (AvgIpc) is 3.29. The number of aromatic nitrogens is 4. The van der Waals surface area contributed by atoms with Crippen molar-refractivity contribution in [3.05, 3.63) is 71.5 Å². The van der Waals surface area contributed by atoms with Gasteiger partial charge < -0.3 is 10.1 Å². The van der Waals surface area contributed by atoms with E-state index in [1.54, 1.807) is 18.2 Å². The molecule has 32 heavy (non-hydrogen) atoms. The average molecular weight is 432 g/mol. The molecular weight excluding hydrogens is 411 g/mol. The molecule has 1 amide bonds. The van der Waals surface area contributed by atoms with Gasteiger partial charge in [-0.3, -0.25) is 9.69 Å². The highest BCUT2D eigenvalue weighted by Gasteiger charge is 2.15. The molecule has 1 aliphatic heterocycles. The number of carbonyl (C=O) groups is 1. The van der Waals surface area contributed by atoms with Crippen molar-refractivity contribution in [3.63, 3.8) is 0 Å². The van der Waals surface area contributed by atoms with Crippen molar-refractivity contribution in [2.45, 2.75) is 6.54 Å². The first-order valence-corrected chi connectivity index (χ1v) is 10.3. The van der Waals surface area contributed by atoms with E-state index in [2.05, 4.69) is 30.6 Å². The summed E-state index contributed by atoms with van der Waals surface area (Å²) in [4.78, 5) is 19.5. The van der Waals surface area contributed by atoms with Gasteiger partial charge in [-0.2, -0.15) is 10.3 Å². The minimum atomic E-state index is -0.599. The van der Waals surface area contributed by atoms with E-state index in [0.717, 1.165) is 38.4 Å². The van der Waals surface area contributed by atoms with E-state index in [4.69, 9.17) is 4.74 Å². The predicted octanol–water partition coefficient (Wildman–Crippen LogP) is 3.24. The zero-order valence-electron chi connectivity index (χ0n) is 17.2. The second kappa shape index (κ2) is 8.81. The van der Waals surface area contributed by atoms with Crippen molar-refractivity contribution in [2.24, 2.45) is 0 Å². The molecule has 0 aliphatic carbocycles. The summed E-state index contributed by atoms with van der Waals surface area (Å²) >= 11 is 0. The van der Waals surface area contributed by atoms with Crippen LogP contribution in [0.2, 0.25) is 0 Å². The van der Waals surface area contributed by atoms with Crippen LogP contribution in [-0.2, 0) is 11.3 Å². The van der Waals surface area contributed by atoms with E-state index < -0.39 is 11.7 Å². The highest BCUT2D eigenvalue weighted by Crippen LogP contribution is 2.23. The van der Waals surface area contributed by atoms with Crippen molar-refractivity contribution < 1.29 is 13.9 Å². The normalized spacial score (nSPS) is 14.5. The van der Waals surface area contributed by atoms with Crippen molar-refractivity contribution >= 4 is 22.8 Å². The number of benzene rings is 2. The summed E-state index contributed by atoms with van der Waals surface area (Å²) in [6.07, 6.45) is 0. The van der Waals surface area contributed by atoms with Crippen LogP contribution in [0.5, 0.6) is 0 Å². The zero-order chi connectivity index (χ0) is 21.9. The molecule has 0 unspecified atom stereocenters. The lowest BCUT2D eigenvalue weighted by atomic mass is 10.1. The Hall–Kier alpha value is -3.69. The second-order valence-electron chi connectivity index (χ2n) is 7.60. The van der Waals surface area contributed by atoms with Crippen LogP contribution in [0.3, 0.4) is 0 Å². The minimum Gasteiger partial charge on any atom is -0.379 e. The number of aromatic amines is 1. The molecule has 1 aliphatic rings. The van der Waals surface area contributed by atoms with Gasteiger partial charge in [-0.1, -0.05) is 12.1 Å². The summed E-state index contributed by atoms with van der Waals surface area (Å²) in [7, 11) is 0. The molecule has 2 aromatic carbocycles. The molecule has 0 spiro atoms. The van der Waals surface area contributed by atoms with Gasteiger partial charge in [0.25, 0.3) is 5.91 Å². The molecule has 1 fully saturated rings. The van der Waals surface area contributed by atoms with Crippen LogP contribution in [-0.4, -0.2) is 57.5 Å². The van der Waals surface area contributed by atoms with Gasteiger partial charge in [0, 0.05) is 30.9 Å². The number of nitrogens with zero attached hydrogens (tertiary/aromatic N) is 4. The third-order valence-electron chi connectivity index (χ3n) is 5.41. The maximum atomic E-state index is 14.4. The van der Waals surface area contributed by atoms with Gasteiger partial charge in [-0.25, -0.2) is 9.37 Å². The minimum absolute atomic E-state index is 0.0538. The number of halogens is 1. The molecule has 5 rings (SSSR count). The summed E-state index contributed by atoms with van der Waals surface area (Å²) < 4.78 is 19.8. The quantitative estimate of drug-likeness (QED) is 0.503. The first-order chi connectivity index (χ1) is 15.7. The lowest BCUT2D eigenvalue weighted by Gasteiger charge is -2.26. The molecule has 1 saturated heterocycles. The molecule has 0 radical (unpaired) electrons. The Morgan fingerprint density at radius 2 is 1.88 bits per heavy atom. The van der Waals surface area contributed by atoms with Crippen molar-refractivity contribution in [2.75, 3.05) is 31.6 Å². The monoisotopic (exact) mass is 432 g/mol. The third-order valence-corrected chi connectivity index (χ3v) is 5.41. The van der Waals surface area contributed by atoms with E-state index in [1.165, 1.54) is 12.1 Å². The molecule has 4 aromatic rings. The van der Waals surface area contributed by atoms with Crippen molar-refractivity contribution in [1.82, 2.24) is 25.3 Å². The number of carbonyl (C=O) groups excluding carboxylic acids is 1. The summed E-state index contributed by atoms with van der Waals surface area (Å²) in [5, 5.41) is 13.2. The number of hydrogen-bond donors (Lipinski definition) is 2. The predicted molar refractivity (Wildman–Crippen MR) is 118 cm³/mol. The lowest BCUT2D eigenvalue weighted by molar-refractivity contribution is 0.0342. The Morgan fingerprint density at radius 1 is 1.06 bits per heavy atom. The molecule has 0 saturated carbocycles. The fourth-order valence-electron chi connectivity index (χ4n) is 3.67. The number of nitrogens with one attached hydrogen (secondary N) is 2. The Balaban J connectivity index is 1.31. The molecular formula is C23H21FN6O2. The number of ether oxygens (including phenoxy) is 1. The second-order valence-corrected chi connectivity index (χ2v) is 7.60. The smallest absolute Gasteiger partial charge is 0.258 e. The van der Waals surface area contributed by atoms with Crippen LogP contribution >= 0.6 is 0 Å². The van der Waals surface area contributed by atoms with Crippen molar-refractivity contribution in [3.8, 4) is 11.3 Å². The Kier molecular flexibility index (Phi) is 5.57. The van der Waals surface area contributed by atoms with Gasteiger partial charge in [0.1, 0.15) is 11.3 Å². The highest BCUT2D eigenvalue weighted by atomic mass is 19.1. The van der Waals surface area contributed by atoms with Gasteiger partial charge >= 0.3 is 0 Å². The van der Waals surface area contributed by atoms with Gasteiger partial charge in [-0.05, 0) is 48.0 Å². The third kappa shape index (κ3) is 4.34. The summed E-state index contributed by atoms with van der Waals surface area (Å²) in [6, 6.07) is 15.5. The van der Waals surface area contributed by atoms with Crippen LogP contribution in [0.1, 0.15) is 15.9 Å². The lowest BCUT2D eigenvalue weighted by Crippen LogP contribution is -2.35. The van der Waals surface area contributed by atoms with E-state index in [-0.39, 0.29) is 5.56 Å². The van der Waals surface area contributed by atoms with Crippen molar-refractivity contribution in [1.29, 1.82) is 0 Å². The first-order valence-electron chi connectivity index (χ1n) is 10.3. The maximum Gasteiger partial charge on any atom is 0.258 e. The number of H-pyrrole nitrogens is 1. The molecule has 162 valence electrons. The first kappa shape index (κ1) is 20.2. The van der Waals surface area contributed by atoms with Crippen LogP contribution in [0.4, 0.5) is 10.1 Å². The number of anilines is 1. The molecule has 2 aromatic heterocycles. The Bertz CT molecular complexity index is 1250. The van der Waals surface area contributed by atoms with Crippen LogP contribution in [0.15, 0.2) is 54.6 Å². The van der Waals surface area contributed by atoms with Crippen LogP contribution < -0.4 is 5.32 Å². The maximum absolute atomic E-state index is 14.4. The number of fused-ring (bicyclic) bond motifs is 1. The molecule has 2 N–H and O–H groups in total. The molecule has 8 nitrogen and oxygen atoms in total. The van der Waals surface area contributed by atoms with Gasteiger partial charge in [0.15, 0.2) is 0 Å². The van der Waals surface area contributed by atoms with E-state index in [0.29, 0.717) is 28.1 Å². The summed E-state index contributed by atoms with van der Waals surface area (Å²) in [5.74, 6) is -1.12. The number of amides is 1. The highest BCUT2D eigenvalue weighted by molar-refractivity contribution is 6.05. The molecule has 0 bridgehead atoms. The number of pyridine rings is 1. The summed E-state index contributed by atoms with van der Waals surface area (Å²) in [5.41, 5.74) is 3.97. The topological polar surface area (TPSA) is 96.0 Å². The number of hydrogen-bond acceptors (Lipinski definition) is 6. The van der Waals surface area contributed by atoms with Gasteiger partial charge in [0.2, 0.25) is 5.65 Å². The summed E-state index contributed by atoms with van der Waals surface area (Å²) in [6.45, 7) is 4.15. The van der Waals surface area contributed by atoms with Crippen LogP contribution in [0.25, 0.3) is 22.4 Å². The Labute approximate surface area is 183 Å². The largest absolute Gasteiger partial charge is 0.379 e. The van der Waals surface area contributed by atoms with Gasteiger partial charge in [-0.15, -0.1) is 5.10 Å². The fraction of sp³-hybridized carbons (Fsp3) is 0.217. The zero-order valence-corrected chi connectivity index (χ0v) is 17.2. The number of morpholine rings is 1. The van der Waals surface area contributed by atoms with E-state index in [9.17, 15) is 9.18 Å². The molecule has 9 heteroatoms. The van der Waals surface area contributed by atoms with Crippen LogP contribution in [0, 0.1) is 5.82 Å². The molecule has 0 atom stereocenters. The van der Waals surface area contributed by atoms with Gasteiger partial charge in [0.05, 0.1) is 24.5 Å². The Morgan fingerprint density at radius 3 is 2.69 bits per heavy atom. The standard InChI is InChI=1S/C23H21FN6O2/c24-19-6-3-16(20-7-8-21-22(26-20)28-29-27-21)13-18(19)23(31)25-17-4-1-15(2-5-17)14-30-9-11-32-12-10-30/h1-8,13H,9-12,14H2,(H,25,31)(H,26,27,28,29). The SMILES string of the molecule is O=C(Nc1ccc(CN2CCOCC2)cc1)c1cc(-c2ccc3n[nH]nc3n2)ccc1F.